The highest BCUT2D eigenvalue weighted by atomic mass is 32.1. The van der Waals surface area contributed by atoms with Crippen molar-refractivity contribution in [2.24, 2.45) is 22.5 Å². The molecule has 5 nitrogen and oxygen atoms in total. The second-order valence-corrected chi connectivity index (χ2v) is 21.4. The molecule has 2 aromatic rings. The Labute approximate surface area is 257 Å². The van der Waals surface area contributed by atoms with Gasteiger partial charge < -0.3 is 13.9 Å². The van der Waals surface area contributed by atoms with Crippen molar-refractivity contribution in [2.45, 2.75) is 121 Å². The largest absolute Gasteiger partial charge is 0.459 e. The summed E-state index contributed by atoms with van der Waals surface area (Å²) in [4.78, 5) is 14.6. The molecule has 1 aromatic heterocycles. The first-order valence-electron chi connectivity index (χ1n) is 15.7. The lowest BCUT2D eigenvalue weighted by Gasteiger charge is -2.48. The Morgan fingerprint density at radius 3 is 2.36 bits per heavy atom. The van der Waals surface area contributed by atoms with Crippen molar-refractivity contribution in [2.75, 3.05) is 0 Å². The van der Waals surface area contributed by atoms with Gasteiger partial charge in [0.15, 0.2) is 0 Å². The maximum absolute atomic E-state index is 14.6. The van der Waals surface area contributed by atoms with E-state index in [1.54, 1.807) is 11.3 Å². The second-order valence-electron chi connectivity index (χ2n) is 15.2. The summed E-state index contributed by atoms with van der Waals surface area (Å²) in [5.41, 5.74) is 9.68. The number of nitrogens with two attached hydrogens (primary N) is 1. The molecule has 1 saturated heterocycles. The van der Waals surface area contributed by atoms with Crippen molar-refractivity contribution >= 4 is 31.2 Å². The molecular weight excluding hydrogens is 559 g/mol. The highest BCUT2D eigenvalue weighted by Crippen LogP contribution is 2.89. The molecule has 7 heteroatoms. The normalized spacial score (nSPS) is 33.9. The molecule has 3 fully saturated rings. The SMILES string of the molecule is C=C1CC23OC2(c2ccccc21)C1CC(OC(=O)C(N)(Cc2ccsc2)O[Si](C(C)C)(C(C)C)C(C)C)C3(C)C1(C)C. The number of carbonyl (C=O) groups excluding carboxylic acids is 1. The molecule has 2 N–H and O–H groups in total. The summed E-state index contributed by atoms with van der Waals surface area (Å²) in [6, 6.07) is 10.6. The van der Waals surface area contributed by atoms with Crippen molar-refractivity contribution in [1.29, 1.82) is 0 Å². The van der Waals surface area contributed by atoms with Crippen LogP contribution in [0.3, 0.4) is 0 Å². The number of epoxide rings is 1. The molecule has 2 saturated carbocycles. The Morgan fingerprint density at radius 2 is 1.76 bits per heavy atom. The van der Waals surface area contributed by atoms with Crippen LogP contribution in [0.5, 0.6) is 0 Å². The van der Waals surface area contributed by atoms with Crippen LogP contribution in [0.2, 0.25) is 16.6 Å². The number of ether oxygens (including phenoxy) is 2. The second kappa shape index (κ2) is 9.37. The average Bonchev–Trinajstić information content (AvgIpc) is 3.21. The number of hydrogen-bond donors (Lipinski definition) is 1. The van der Waals surface area contributed by atoms with Gasteiger partial charge in [-0.25, -0.2) is 4.79 Å². The molecule has 42 heavy (non-hydrogen) atoms. The van der Waals surface area contributed by atoms with Gasteiger partial charge in [-0.1, -0.05) is 93.2 Å². The first kappa shape index (κ1) is 30.3. The van der Waals surface area contributed by atoms with Crippen LogP contribution < -0.4 is 5.73 Å². The molecule has 2 bridgehead atoms. The fourth-order valence-corrected chi connectivity index (χ4v) is 16.5. The van der Waals surface area contributed by atoms with E-state index in [2.05, 4.69) is 98.5 Å². The zero-order valence-corrected chi connectivity index (χ0v) is 28.7. The number of carbonyl (C=O) groups is 1. The smallest absolute Gasteiger partial charge is 0.353 e. The Hall–Kier alpha value is -1.77. The van der Waals surface area contributed by atoms with E-state index in [9.17, 15) is 4.79 Å². The lowest BCUT2D eigenvalue weighted by atomic mass is 9.59. The van der Waals surface area contributed by atoms with Crippen molar-refractivity contribution in [1.82, 2.24) is 0 Å². The summed E-state index contributed by atoms with van der Waals surface area (Å²) in [5.74, 6) is -0.234. The zero-order valence-electron chi connectivity index (χ0n) is 26.9. The van der Waals surface area contributed by atoms with Gasteiger partial charge in [0.25, 0.3) is 0 Å². The van der Waals surface area contributed by atoms with Crippen molar-refractivity contribution in [3.05, 3.63) is 64.4 Å². The molecule has 0 amide bonds. The fraction of sp³-hybridized carbons (Fsp3) is 0.629. The molecule has 4 aliphatic rings. The number of hydrogen-bond acceptors (Lipinski definition) is 6. The quantitative estimate of drug-likeness (QED) is 0.135. The number of esters is 1. The highest BCUT2D eigenvalue weighted by Gasteiger charge is 2.95. The van der Waals surface area contributed by atoms with Crippen LogP contribution in [-0.4, -0.2) is 31.7 Å². The minimum atomic E-state index is -2.52. The molecule has 0 radical (unpaired) electrons. The topological polar surface area (TPSA) is 74.1 Å². The van der Waals surface area contributed by atoms with Crippen molar-refractivity contribution in [3.8, 4) is 0 Å². The van der Waals surface area contributed by atoms with E-state index in [4.69, 9.17) is 19.6 Å². The lowest BCUT2D eigenvalue weighted by Crippen LogP contribution is -2.64. The van der Waals surface area contributed by atoms with Gasteiger partial charge in [-0.3, -0.25) is 5.73 Å². The van der Waals surface area contributed by atoms with E-state index in [0.717, 1.165) is 24.0 Å². The third-order valence-corrected chi connectivity index (χ3v) is 19.3. The van der Waals surface area contributed by atoms with Crippen LogP contribution >= 0.6 is 11.3 Å². The number of benzene rings is 1. The van der Waals surface area contributed by atoms with Gasteiger partial charge in [-0.15, -0.1) is 0 Å². The number of thiophene rings is 1. The van der Waals surface area contributed by atoms with Crippen LogP contribution in [0.4, 0.5) is 0 Å². The first-order chi connectivity index (χ1) is 19.5. The van der Waals surface area contributed by atoms with Crippen molar-refractivity contribution in [3.63, 3.8) is 0 Å². The van der Waals surface area contributed by atoms with E-state index >= 15 is 0 Å². The van der Waals surface area contributed by atoms with E-state index < -0.39 is 31.0 Å². The maximum Gasteiger partial charge on any atom is 0.353 e. The molecule has 3 aliphatic carbocycles. The first-order valence-corrected chi connectivity index (χ1v) is 18.8. The molecule has 6 atom stereocenters. The molecule has 6 unspecified atom stereocenters. The van der Waals surface area contributed by atoms with Gasteiger partial charge in [0.05, 0.1) is 0 Å². The summed E-state index contributed by atoms with van der Waals surface area (Å²) in [6.45, 7) is 24.8. The van der Waals surface area contributed by atoms with Gasteiger partial charge in [0, 0.05) is 24.2 Å². The minimum Gasteiger partial charge on any atom is -0.459 e. The van der Waals surface area contributed by atoms with Crippen LogP contribution in [0.25, 0.3) is 5.57 Å². The molecule has 228 valence electrons. The predicted molar refractivity (Wildman–Crippen MR) is 173 cm³/mol. The van der Waals surface area contributed by atoms with E-state index in [0.29, 0.717) is 6.42 Å². The van der Waals surface area contributed by atoms with Gasteiger partial charge >= 0.3 is 5.97 Å². The Balaban J connectivity index is 1.37. The summed E-state index contributed by atoms with van der Waals surface area (Å²) in [5, 5.41) is 4.08. The zero-order chi connectivity index (χ0) is 30.7. The molecule has 2 heterocycles. The Morgan fingerprint density at radius 1 is 1.12 bits per heavy atom. The van der Waals surface area contributed by atoms with Crippen LogP contribution in [0, 0.1) is 16.7 Å². The van der Waals surface area contributed by atoms with Gasteiger partial charge in [-0.05, 0) is 67.5 Å². The van der Waals surface area contributed by atoms with Gasteiger partial charge in [-0.2, -0.15) is 11.3 Å². The number of rotatable bonds is 9. The summed E-state index contributed by atoms with van der Waals surface area (Å²) >= 11 is 1.61. The monoisotopic (exact) mass is 607 g/mol. The third-order valence-electron chi connectivity index (χ3n) is 12.4. The van der Waals surface area contributed by atoms with Crippen LogP contribution in [-0.2, 0) is 30.7 Å². The van der Waals surface area contributed by atoms with Crippen LogP contribution in [0.15, 0.2) is 47.7 Å². The van der Waals surface area contributed by atoms with E-state index in [1.165, 1.54) is 11.1 Å². The van der Waals surface area contributed by atoms with E-state index in [-0.39, 0.29) is 39.7 Å². The summed E-state index contributed by atoms with van der Waals surface area (Å²) in [6.07, 6.45) is 1.45. The van der Waals surface area contributed by atoms with Crippen molar-refractivity contribution < 1.29 is 18.7 Å². The fourth-order valence-electron chi connectivity index (χ4n) is 10.3. The predicted octanol–water partition coefficient (Wildman–Crippen LogP) is 8.20. The highest BCUT2D eigenvalue weighted by molar-refractivity contribution is 7.07. The van der Waals surface area contributed by atoms with E-state index in [1.807, 2.05) is 11.4 Å². The molecule has 1 aliphatic heterocycles. The van der Waals surface area contributed by atoms with Crippen LogP contribution in [0.1, 0.15) is 91.8 Å². The number of fused-ring (bicyclic) bond motifs is 3. The summed E-state index contributed by atoms with van der Waals surface area (Å²) < 4.78 is 20.8. The summed E-state index contributed by atoms with van der Waals surface area (Å²) in [7, 11) is -2.52. The molecule has 1 aromatic carbocycles. The third kappa shape index (κ3) is 3.49. The maximum atomic E-state index is 14.6. The Bertz CT molecular complexity index is 1400. The van der Waals surface area contributed by atoms with Gasteiger partial charge in [0.2, 0.25) is 14.0 Å². The van der Waals surface area contributed by atoms with Gasteiger partial charge in [0.1, 0.15) is 17.3 Å². The molecule has 6 rings (SSSR count). The molecule has 0 spiro atoms. The Kier molecular flexibility index (Phi) is 6.75. The molecular formula is C35H49NO4SSi. The average molecular weight is 608 g/mol. The lowest BCUT2D eigenvalue weighted by molar-refractivity contribution is -0.180. The minimum absolute atomic E-state index is 0.119. The standard InChI is InChI=1S/C35H49NO4SSi/c1-21(2)42(22(3)4,23(5)6)40-33(36,19-25-15-16-41-20-25)30(37)38-29-17-28-31(8,9)32(29,10)34-18-24(7)26-13-11-12-14-27(26)35(28,34)39-34/h11-16,20-23,28-29H,7,17-19,36H2,1-6,8-10H3.